The minimum atomic E-state index is -4.86. The van der Waals surface area contributed by atoms with Crippen LogP contribution in [-0.4, -0.2) is 47.0 Å². The summed E-state index contributed by atoms with van der Waals surface area (Å²) in [4.78, 5) is 19.5. The second-order valence-electron chi connectivity index (χ2n) is 9.37. The van der Waals surface area contributed by atoms with Crippen molar-refractivity contribution in [2.24, 2.45) is 10.7 Å². The van der Waals surface area contributed by atoms with E-state index in [-0.39, 0.29) is 29.9 Å². The second kappa shape index (κ2) is 12.6. The lowest BCUT2D eigenvalue weighted by Crippen LogP contribution is -2.36. The molecule has 0 saturated carbocycles. The number of nitrogens with two attached hydrogens (primary N) is 1. The molecule has 4 rings (SSSR count). The van der Waals surface area contributed by atoms with Crippen LogP contribution in [0.4, 0.5) is 24.5 Å². The Morgan fingerprint density at radius 3 is 2.55 bits per heavy atom. The van der Waals surface area contributed by atoms with Gasteiger partial charge in [-0.15, -0.1) is 0 Å². The van der Waals surface area contributed by atoms with Gasteiger partial charge in [0.1, 0.15) is 11.4 Å². The maximum absolute atomic E-state index is 13.2. The number of nitrogens with zero attached hydrogens (tertiary/aromatic N) is 3. The van der Waals surface area contributed by atoms with Gasteiger partial charge in [-0.3, -0.25) is 9.69 Å². The topological polar surface area (TPSA) is 115 Å². The van der Waals surface area contributed by atoms with Crippen LogP contribution >= 0.6 is 0 Å². The fourth-order valence-electron chi connectivity index (χ4n) is 4.75. The number of nitriles is 1. The van der Waals surface area contributed by atoms with Gasteiger partial charge in [-0.05, 0) is 66.9 Å². The van der Waals surface area contributed by atoms with E-state index >= 15 is 0 Å². The number of carbonyl (C=O) groups excluding carboxylic acids is 1. The van der Waals surface area contributed by atoms with Crippen LogP contribution in [0.15, 0.2) is 95.6 Å². The van der Waals surface area contributed by atoms with Crippen molar-refractivity contribution in [3.8, 4) is 6.07 Å². The van der Waals surface area contributed by atoms with Crippen molar-refractivity contribution in [2.75, 3.05) is 18.5 Å². The van der Waals surface area contributed by atoms with E-state index in [1.165, 1.54) is 24.3 Å². The van der Waals surface area contributed by atoms with E-state index in [9.17, 15) is 23.1 Å². The van der Waals surface area contributed by atoms with Crippen LogP contribution in [0.5, 0.6) is 0 Å². The first-order valence-corrected chi connectivity index (χ1v) is 12.7. The molecular formula is C30H28F3N5O2. The molecule has 1 amide bonds. The normalized spacial score (nSPS) is 17.3. The van der Waals surface area contributed by atoms with E-state index in [2.05, 4.69) is 15.2 Å². The molecule has 1 fully saturated rings. The summed E-state index contributed by atoms with van der Waals surface area (Å²) in [5.74, 6) is -0.905. The zero-order valence-electron chi connectivity index (χ0n) is 21.5. The molecule has 0 aliphatic carbocycles. The number of aliphatic hydroxyl groups excluding tert-OH is 1. The van der Waals surface area contributed by atoms with Crippen molar-refractivity contribution < 1.29 is 23.1 Å². The largest absolute Gasteiger partial charge is 0.430 e. The number of rotatable bonds is 8. The van der Waals surface area contributed by atoms with Gasteiger partial charge < -0.3 is 16.2 Å². The molecule has 1 aliphatic rings. The maximum atomic E-state index is 13.2. The number of carbonyl (C=O) groups is 1. The van der Waals surface area contributed by atoms with Crippen molar-refractivity contribution in [3.05, 3.63) is 107 Å². The van der Waals surface area contributed by atoms with Crippen molar-refractivity contribution in [1.82, 2.24) is 4.90 Å². The van der Waals surface area contributed by atoms with Gasteiger partial charge in [0.15, 0.2) is 0 Å². The maximum Gasteiger partial charge on any atom is 0.430 e. The smallest absolute Gasteiger partial charge is 0.395 e. The number of amides is 1. The highest BCUT2D eigenvalue weighted by Gasteiger charge is 2.33. The van der Waals surface area contributed by atoms with Gasteiger partial charge in [0, 0.05) is 11.7 Å². The van der Waals surface area contributed by atoms with E-state index < -0.39 is 23.5 Å². The third-order valence-electron chi connectivity index (χ3n) is 6.62. The number of likely N-dealkylation sites (tertiary alicyclic amines) is 1. The Morgan fingerprint density at radius 1 is 1.12 bits per heavy atom. The van der Waals surface area contributed by atoms with Crippen molar-refractivity contribution in [3.63, 3.8) is 0 Å². The van der Waals surface area contributed by atoms with Crippen LogP contribution in [0.2, 0.25) is 0 Å². The fraction of sp³-hybridized carbons (Fsp3) is 0.233. The highest BCUT2D eigenvalue weighted by molar-refractivity contribution is 6.47. The van der Waals surface area contributed by atoms with Gasteiger partial charge in [0.25, 0.3) is 5.91 Å². The van der Waals surface area contributed by atoms with Crippen LogP contribution < -0.4 is 11.1 Å². The number of nitrogens with one attached hydrogen (secondary N) is 1. The van der Waals surface area contributed by atoms with E-state index in [4.69, 9.17) is 11.0 Å². The number of alkyl halides is 3. The summed E-state index contributed by atoms with van der Waals surface area (Å²) in [7, 11) is 0. The Bertz CT molecular complexity index is 1450. The average molecular weight is 548 g/mol. The second-order valence-corrected chi connectivity index (χ2v) is 9.37. The Morgan fingerprint density at radius 2 is 1.85 bits per heavy atom. The number of hydrogen-bond donors (Lipinski definition) is 3. The molecule has 40 heavy (non-hydrogen) atoms. The molecule has 3 aromatic rings. The molecule has 1 heterocycles. The predicted molar refractivity (Wildman–Crippen MR) is 147 cm³/mol. The molecule has 1 saturated heterocycles. The number of aliphatic hydroxyl groups is 1. The third kappa shape index (κ3) is 6.94. The van der Waals surface area contributed by atoms with Crippen molar-refractivity contribution >= 4 is 23.0 Å². The molecule has 10 heteroatoms. The first-order chi connectivity index (χ1) is 19.2. The lowest BCUT2D eigenvalue weighted by molar-refractivity contribution is -0.110. The molecule has 3 aromatic carbocycles. The number of hydrogen-bond acceptors (Lipinski definition) is 6. The molecule has 0 bridgehead atoms. The number of anilines is 1. The van der Waals surface area contributed by atoms with E-state index in [0.717, 1.165) is 30.5 Å². The van der Waals surface area contributed by atoms with Crippen molar-refractivity contribution in [1.29, 1.82) is 5.26 Å². The summed E-state index contributed by atoms with van der Waals surface area (Å²) in [6, 6.07) is 24.3. The first-order valence-electron chi connectivity index (χ1n) is 12.7. The predicted octanol–water partition coefficient (Wildman–Crippen LogP) is 5.22. The van der Waals surface area contributed by atoms with Gasteiger partial charge in [0.2, 0.25) is 0 Å². The zero-order valence-corrected chi connectivity index (χ0v) is 21.5. The number of aliphatic imine (C=N–C) groups is 1. The summed E-state index contributed by atoms with van der Waals surface area (Å²) in [6.07, 6.45) is -2.60. The molecule has 0 spiro atoms. The van der Waals surface area contributed by atoms with Crippen LogP contribution in [-0.2, 0) is 4.79 Å². The zero-order chi connectivity index (χ0) is 28.7. The molecular weight excluding hydrogens is 519 g/mol. The molecule has 2 unspecified atom stereocenters. The van der Waals surface area contributed by atoms with Crippen molar-refractivity contribution in [2.45, 2.75) is 31.1 Å². The van der Waals surface area contributed by atoms with Crippen LogP contribution in [0.3, 0.4) is 0 Å². The SMILES string of the molecule is N#Cc1cccc(N=C(C=C(N)C(F)(F)F)C(=O)Nc2cccc(C(c3ccccc3)N3CCCC3CO)c2)c1. The van der Waals surface area contributed by atoms with Gasteiger partial charge in [-0.25, -0.2) is 4.99 Å². The molecule has 7 nitrogen and oxygen atoms in total. The molecule has 0 radical (unpaired) electrons. The monoisotopic (exact) mass is 547 g/mol. The van der Waals surface area contributed by atoms with Gasteiger partial charge in [-0.2, -0.15) is 18.4 Å². The van der Waals surface area contributed by atoms with Gasteiger partial charge in [-0.1, -0.05) is 48.5 Å². The van der Waals surface area contributed by atoms with Crippen LogP contribution in [0.1, 0.15) is 35.6 Å². The summed E-state index contributed by atoms with van der Waals surface area (Å²) >= 11 is 0. The Kier molecular flexibility index (Phi) is 8.99. The third-order valence-corrected chi connectivity index (χ3v) is 6.62. The number of benzene rings is 3. The van der Waals surface area contributed by atoms with Gasteiger partial charge in [0.05, 0.1) is 30.0 Å². The van der Waals surface area contributed by atoms with Crippen LogP contribution in [0, 0.1) is 11.3 Å². The summed E-state index contributed by atoms with van der Waals surface area (Å²) < 4.78 is 39.7. The molecule has 206 valence electrons. The number of halogens is 3. The summed E-state index contributed by atoms with van der Waals surface area (Å²) in [5, 5.41) is 21.8. The quantitative estimate of drug-likeness (QED) is 0.335. The van der Waals surface area contributed by atoms with E-state index in [1.54, 1.807) is 18.2 Å². The minimum Gasteiger partial charge on any atom is -0.395 e. The van der Waals surface area contributed by atoms with E-state index in [0.29, 0.717) is 11.8 Å². The highest BCUT2D eigenvalue weighted by atomic mass is 19.4. The molecule has 1 aliphatic heterocycles. The number of allylic oxidation sites excluding steroid dienone is 1. The Hall–Kier alpha value is -4.46. The minimum absolute atomic E-state index is 0.0134. The first kappa shape index (κ1) is 28.5. The standard InChI is InChI=1S/C30H28F3N5O2/c31-30(32,33)27(35)17-26(36-23-11-4-7-20(15-23)18-34)29(40)37-24-12-5-10-22(16-24)28(21-8-2-1-3-9-21)38-14-6-13-25(38)19-39/h1-5,7-12,15-17,25,28,39H,6,13-14,19,35H2,(H,37,40). The Labute approximate surface area is 230 Å². The molecule has 4 N–H and O–H groups in total. The average Bonchev–Trinajstić information content (AvgIpc) is 3.41. The van der Waals surface area contributed by atoms with Gasteiger partial charge >= 0.3 is 6.18 Å². The van der Waals surface area contributed by atoms with Crippen LogP contribution in [0.25, 0.3) is 0 Å². The Balaban J connectivity index is 1.69. The summed E-state index contributed by atoms with van der Waals surface area (Å²) in [6.45, 7) is 0.793. The fourth-order valence-corrected chi connectivity index (χ4v) is 4.75. The summed E-state index contributed by atoms with van der Waals surface area (Å²) in [5.41, 5.74) is 5.71. The highest BCUT2D eigenvalue weighted by Crippen LogP contribution is 2.35. The molecule has 0 aromatic heterocycles. The van der Waals surface area contributed by atoms with E-state index in [1.807, 2.05) is 42.5 Å². The molecule has 2 atom stereocenters. The lowest BCUT2D eigenvalue weighted by atomic mass is 9.96. The lowest BCUT2D eigenvalue weighted by Gasteiger charge is -2.33.